The number of halogens is 2. The van der Waals surface area contributed by atoms with Crippen molar-refractivity contribution in [3.05, 3.63) is 65.5 Å². The molecule has 7 nitrogen and oxygen atoms in total. The average molecular weight is 404 g/mol. The van der Waals surface area contributed by atoms with Crippen LogP contribution in [0.1, 0.15) is 25.1 Å². The molecule has 0 aliphatic rings. The number of primary amides is 1. The van der Waals surface area contributed by atoms with Crippen LogP contribution in [0.3, 0.4) is 0 Å². The molecule has 29 heavy (non-hydrogen) atoms. The van der Waals surface area contributed by atoms with E-state index in [9.17, 15) is 23.2 Å². The van der Waals surface area contributed by atoms with Gasteiger partial charge in [0.2, 0.25) is 17.7 Å². The van der Waals surface area contributed by atoms with Gasteiger partial charge >= 0.3 is 0 Å². The van der Waals surface area contributed by atoms with Gasteiger partial charge in [-0.05, 0) is 43.7 Å². The second kappa shape index (κ2) is 9.72. The van der Waals surface area contributed by atoms with Crippen molar-refractivity contribution in [2.45, 2.75) is 38.9 Å². The van der Waals surface area contributed by atoms with Crippen LogP contribution in [0, 0.1) is 11.6 Å². The highest BCUT2D eigenvalue weighted by atomic mass is 19.1. The molecule has 0 spiro atoms. The molecule has 1 heterocycles. The summed E-state index contributed by atoms with van der Waals surface area (Å²) in [6, 6.07) is 6.00. The van der Waals surface area contributed by atoms with Gasteiger partial charge in [-0.2, -0.15) is 0 Å². The maximum absolute atomic E-state index is 13.3. The van der Waals surface area contributed by atoms with Gasteiger partial charge in [-0.15, -0.1) is 0 Å². The van der Waals surface area contributed by atoms with E-state index in [-0.39, 0.29) is 18.5 Å². The highest BCUT2D eigenvalue weighted by molar-refractivity contribution is 5.91. The third kappa shape index (κ3) is 6.34. The first-order valence-electron chi connectivity index (χ1n) is 8.91. The lowest BCUT2D eigenvalue weighted by Crippen LogP contribution is -2.53. The smallest absolute Gasteiger partial charge is 0.245 e. The highest BCUT2D eigenvalue weighted by Crippen LogP contribution is 2.11. The first-order chi connectivity index (χ1) is 13.7. The number of benzene rings is 1. The van der Waals surface area contributed by atoms with Gasteiger partial charge in [-0.1, -0.05) is 6.07 Å². The van der Waals surface area contributed by atoms with Crippen molar-refractivity contribution in [3.8, 4) is 0 Å². The fourth-order valence-electron chi connectivity index (χ4n) is 2.73. The molecule has 2 atom stereocenters. The second-order valence-electron chi connectivity index (χ2n) is 6.61. The van der Waals surface area contributed by atoms with Crippen molar-refractivity contribution in [2.24, 2.45) is 5.73 Å². The van der Waals surface area contributed by atoms with Crippen LogP contribution in [0.15, 0.2) is 42.6 Å². The van der Waals surface area contributed by atoms with Crippen LogP contribution >= 0.6 is 0 Å². The van der Waals surface area contributed by atoms with Gasteiger partial charge in [0.1, 0.15) is 23.7 Å². The van der Waals surface area contributed by atoms with Crippen LogP contribution in [0.2, 0.25) is 0 Å². The first kappa shape index (κ1) is 21.9. The Bertz CT molecular complexity index is 872. The number of carbonyl (C=O) groups is 3. The Hall–Kier alpha value is -3.36. The Balaban J connectivity index is 2.08. The lowest BCUT2D eigenvalue weighted by molar-refractivity contribution is -0.142. The summed E-state index contributed by atoms with van der Waals surface area (Å²) < 4.78 is 26.5. The van der Waals surface area contributed by atoms with E-state index in [2.05, 4.69) is 10.3 Å². The average Bonchev–Trinajstić information content (AvgIpc) is 2.64. The molecular weight excluding hydrogens is 382 g/mol. The summed E-state index contributed by atoms with van der Waals surface area (Å²) in [7, 11) is 0. The van der Waals surface area contributed by atoms with Gasteiger partial charge in [0.05, 0.1) is 18.7 Å². The van der Waals surface area contributed by atoms with Gasteiger partial charge in [0.25, 0.3) is 0 Å². The molecular formula is C20H22F2N4O3. The third-order valence-corrected chi connectivity index (χ3v) is 4.26. The van der Waals surface area contributed by atoms with E-state index in [4.69, 9.17) is 5.73 Å². The second-order valence-corrected chi connectivity index (χ2v) is 6.61. The number of hydrogen-bond donors (Lipinski definition) is 2. The van der Waals surface area contributed by atoms with Crippen LogP contribution in [-0.4, -0.2) is 39.7 Å². The van der Waals surface area contributed by atoms with Gasteiger partial charge < -0.3 is 16.0 Å². The van der Waals surface area contributed by atoms with Crippen molar-refractivity contribution in [3.63, 3.8) is 0 Å². The quantitative estimate of drug-likeness (QED) is 0.692. The minimum Gasteiger partial charge on any atom is -0.368 e. The summed E-state index contributed by atoms with van der Waals surface area (Å²) in [6.45, 7) is 2.96. The molecule has 0 aliphatic carbocycles. The highest BCUT2D eigenvalue weighted by Gasteiger charge is 2.29. The number of nitrogens with zero attached hydrogens (tertiary/aromatic N) is 2. The fourth-order valence-corrected chi connectivity index (χ4v) is 2.73. The maximum atomic E-state index is 13.3. The van der Waals surface area contributed by atoms with Crippen LogP contribution in [-0.2, 0) is 27.3 Å². The molecule has 9 heteroatoms. The summed E-state index contributed by atoms with van der Waals surface area (Å²) in [5.74, 6) is -3.44. The summed E-state index contributed by atoms with van der Waals surface area (Å²) >= 11 is 0. The normalized spacial score (nSPS) is 12.7. The summed E-state index contributed by atoms with van der Waals surface area (Å²) in [6.07, 6.45) is 1.24. The molecule has 0 aliphatic heterocycles. The zero-order valence-corrected chi connectivity index (χ0v) is 16.1. The lowest BCUT2D eigenvalue weighted by Gasteiger charge is -2.29. The Labute approximate surface area is 166 Å². The Morgan fingerprint density at radius 2 is 1.79 bits per heavy atom. The number of hydrogen-bond acceptors (Lipinski definition) is 4. The van der Waals surface area contributed by atoms with Gasteiger partial charge in [0, 0.05) is 12.3 Å². The predicted molar refractivity (Wildman–Crippen MR) is 101 cm³/mol. The van der Waals surface area contributed by atoms with Gasteiger partial charge in [-0.3, -0.25) is 19.4 Å². The molecule has 0 radical (unpaired) electrons. The van der Waals surface area contributed by atoms with Crippen LogP contribution in [0.4, 0.5) is 8.78 Å². The summed E-state index contributed by atoms with van der Waals surface area (Å²) in [5, 5.41) is 2.48. The van der Waals surface area contributed by atoms with E-state index in [0.29, 0.717) is 11.8 Å². The summed E-state index contributed by atoms with van der Waals surface area (Å²) in [5.41, 5.74) is 6.03. The topological polar surface area (TPSA) is 105 Å². The molecule has 3 N–H and O–H groups in total. The summed E-state index contributed by atoms with van der Waals surface area (Å²) in [4.78, 5) is 42.0. The van der Waals surface area contributed by atoms with E-state index in [0.717, 1.165) is 12.1 Å². The van der Waals surface area contributed by atoms with Crippen molar-refractivity contribution in [2.75, 3.05) is 0 Å². The molecule has 0 saturated carbocycles. The van der Waals surface area contributed by atoms with Crippen molar-refractivity contribution in [1.82, 2.24) is 15.2 Å². The Morgan fingerprint density at radius 1 is 1.14 bits per heavy atom. The van der Waals surface area contributed by atoms with Crippen LogP contribution < -0.4 is 11.1 Å². The maximum Gasteiger partial charge on any atom is 0.245 e. The number of amides is 3. The molecule has 2 rings (SSSR count). The lowest BCUT2D eigenvalue weighted by atomic mass is 10.1. The number of carbonyl (C=O) groups excluding carboxylic acids is 3. The number of nitrogens with two attached hydrogens (primary N) is 1. The first-order valence-corrected chi connectivity index (χ1v) is 8.91. The van der Waals surface area contributed by atoms with E-state index in [1.165, 1.54) is 18.7 Å². The van der Waals surface area contributed by atoms with E-state index < -0.39 is 41.4 Å². The molecule has 1 aromatic carbocycles. The fraction of sp³-hybridized carbons (Fsp3) is 0.300. The molecule has 0 bridgehead atoms. The zero-order chi connectivity index (χ0) is 21.6. The molecule has 2 aromatic rings. The third-order valence-electron chi connectivity index (χ3n) is 4.26. The Morgan fingerprint density at radius 3 is 2.34 bits per heavy atom. The molecule has 0 saturated heterocycles. The van der Waals surface area contributed by atoms with Gasteiger partial charge in [0.15, 0.2) is 0 Å². The van der Waals surface area contributed by atoms with Crippen LogP contribution in [0.5, 0.6) is 0 Å². The number of aromatic nitrogens is 1. The van der Waals surface area contributed by atoms with Crippen molar-refractivity contribution >= 4 is 17.7 Å². The standard InChI is InChI=1S/C20H22F2N4O3/c1-12(25-18(27)9-14-7-15(21)10-16(22)8-14)20(29)26(13(2)19(23)28)11-17-5-3-4-6-24-17/h3-8,10,12-13H,9,11H2,1-2H3,(H2,23,28)(H,25,27)/t12-,13-/m0/s1. The van der Waals surface area contributed by atoms with E-state index in [1.54, 1.807) is 24.4 Å². The minimum atomic E-state index is -0.994. The minimum absolute atomic E-state index is 0.0269. The zero-order valence-electron chi connectivity index (χ0n) is 16.1. The SMILES string of the molecule is C[C@H](NC(=O)Cc1cc(F)cc(F)c1)C(=O)N(Cc1ccccn1)[C@@H](C)C(N)=O. The molecule has 154 valence electrons. The van der Waals surface area contributed by atoms with Crippen LogP contribution in [0.25, 0.3) is 0 Å². The Kier molecular flexibility index (Phi) is 7.35. The molecule has 3 amide bonds. The molecule has 1 aromatic heterocycles. The monoisotopic (exact) mass is 404 g/mol. The predicted octanol–water partition coefficient (Wildman–Crippen LogP) is 1.31. The molecule has 0 fully saturated rings. The van der Waals surface area contributed by atoms with E-state index in [1.807, 2.05) is 0 Å². The largest absolute Gasteiger partial charge is 0.368 e. The van der Waals surface area contributed by atoms with E-state index >= 15 is 0 Å². The molecule has 0 unspecified atom stereocenters. The number of rotatable bonds is 8. The number of pyridine rings is 1. The number of nitrogens with one attached hydrogen (secondary N) is 1. The van der Waals surface area contributed by atoms with Gasteiger partial charge in [-0.25, -0.2) is 8.78 Å². The van der Waals surface area contributed by atoms with Crippen molar-refractivity contribution in [1.29, 1.82) is 0 Å². The van der Waals surface area contributed by atoms with Crippen molar-refractivity contribution < 1.29 is 23.2 Å².